The van der Waals surface area contributed by atoms with Gasteiger partial charge in [0.1, 0.15) is 0 Å². The minimum absolute atomic E-state index is 0.286. The second-order valence-corrected chi connectivity index (χ2v) is 7.72. The molecule has 100 valence electrons. The molecular weight excluding hydrogens is 366 g/mol. The van der Waals surface area contributed by atoms with Crippen LogP contribution in [0.3, 0.4) is 0 Å². The Morgan fingerprint density at radius 3 is 1.68 bits per heavy atom. The molecule has 0 aliphatic heterocycles. The number of hydrogen-bond acceptors (Lipinski definition) is 0. The molecule has 0 bridgehead atoms. The number of hydrogen-bond donors (Lipinski definition) is 0. The number of halogens is 4. The predicted octanol–water partition coefficient (Wildman–Crippen LogP) is 6.26. The van der Waals surface area contributed by atoms with Crippen molar-refractivity contribution in [1.82, 2.24) is 0 Å². The fraction of sp³-hybridized carbons (Fsp3) is 0.200. The summed E-state index contributed by atoms with van der Waals surface area (Å²) in [5.41, 5.74) is 3.16. The summed E-state index contributed by atoms with van der Waals surface area (Å²) in [6.07, 6.45) is 0. The van der Waals surface area contributed by atoms with Gasteiger partial charge in [0.2, 0.25) is 3.79 Å². The first-order valence-corrected chi connectivity index (χ1v) is 7.69. The van der Waals surface area contributed by atoms with Gasteiger partial charge in [-0.25, -0.2) is 0 Å². The van der Waals surface area contributed by atoms with Crippen molar-refractivity contribution in [2.45, 2.75) is 16.6 Å². The van der Waals surface area contributed by atoms with Gasteiger partial charge in [0.25, 0.3) is 0 Å². The smallest absolute Gasteiger partial charge is 0.0826 e. The zero-order chi connectivity index (χ0) is 14.0. The molecular formula is C15H12BrCl3. The molecule has 2 rings (SSSR count). The molecule has 0 aliphatic rings. The standard InChI is InChI=1S/C15H12BrCl3/c1-10-2-4-11(5-3-10)14(15(17,18)19)12-6-8-13(16)9-7-12/h2-9,14H,1H3. The van der Waals surface area contributed by atoms with Crippen molar-refractivity contribution in [2.24, 2.45) is 0 Å². The minimum atomic E-state index is -1.39. The quantitative estimate of drug-likeness (QED) is 0.541. The molecule has 0 saturated carbocycles. The zero-order valence-corrected chi connectivity index (χ0v) is 14.1. The van der Waals surface area contributed by atoms with E-state index in [1.54, 1.807) is 0 Å². The van der Waals surface area contributed by atoms with Gasteiger partial charge in [0.15, 0.2) is 0 Å². The van der Waals surface area contributed by atoms with Crippen LogP contribution in [0.15, 0.2) is 53.0 Å². The molecule has 0 heterocycles. The Bertz CT molecular complexity index is 496. The first kappa shape index (κ1) is 15.2. The van der Waals surface area contributed by atoms with Crippen LogP contribution in [0.1, 0.15) is 22.6 Å². The van der Waals surface area contributed by atoms with Crippen LogP contribution in [0.25, 0.3) is 0 Å². The Hall–Kier alpha value is -0.210. The lowest BCUT2D eigenvalue weighted by molar-refractivity contribution is 0.838. The summed E-state index contributed by atoms with van der Waals surface area (Å²) < 4.78 is -0.383. The van der Waals surface area contributed by atoms with Crippen LogP contribution in [0.2, 0.25) is 0 Å². The van der Waals surface area contributed by atoms with E-state index in [1.165, 1.54) is 5.56 Å². The molecule has 0 N–H and O–H groups in total. The molecule has 0 saturated heterocycles. The van der Waals surface area contributed by atoms with Gasteiger partial charge in [-0.15, -0.1) is 0 Å². The third kappa shape index (κ3) is 3.88. The fourth-order valence-corrected chi connectivity index (χ4v) is 3.00. The van der Waals surface area contributed by atoms with Crippen molar-refractivity contribution in [3.8, 4) is 0 Å². The Balaban J connectivity index is 2.47. The summed E-state index contributed by atoms with van der Waals surface area (Å²) in [5, 5.41) is 0. The van der Waals surface area contributed by atoms with Crippen LogP contribution in [-0.4, -0.2) is 3.79 Å². The van der Waals surface area contributed by atoms with Crippen molar-refractivity contribution < 1.29 is 0 Å². The second-order valence-electron chi connectivity index (χ2n) is 4.44. The van der Waals surface area contributed by atoms with E-state index >= 15 is 0 Å². The van der Waals surface area contributed by atoms with E-state index in [1.807, 2.05) is 55.5 Å². The van der Waals surface area contributed by atoms with Gasteiger partial charge >= 0.3 is 0 Å². The van der Waals surface area contributed by atoms with Crippen molar-refractivity contribution in [1.29, 1.82) is 0 Å². The van der Waals surface area contributed by atoms with Crippen molar-refractivity contribution in [2.75, 3.05) is 0 Å². The molecule has 0 nitrogen and oxygen atoms in total. The lowest BCUT2D eigenvalue weighted by Gasteiger charge is -2.25. The number of rotatable bonds is 2. The number of benzene rings is 2. The molecule has 0 spiro atoms. The van der Waals surface area contributed by atoms with Crippen LogP contribution in [0.5, 0.6) is 0 Å². The highest BCUT2D eigenvalue weighted by Crippen LogP contribution is 2.45. The normalized spacial score (nSPS) is 13.3. The fourth-order valence-electron chi connectivity index (χ4n) is 1.98. The SMILES string of the molecule is Cc1ccc(C(c2ccc(Br)cc2)C(Cl)(Cl)Cl)cc1. The van der Waals surface area contributed by atoms with Crippen LogP contribution in [0.4, 0.5) is 0 Å². The predicted molar refractivity (Wildman–Crippen MR) is 87.5 cm³/mol. The summed E-state index contributed by atoms with van der Waals surface area (Å²) in [4.78, 5) is 0. The van der Waals surface area contributed by atoms with Crippen LogP contribution < -0.4 is 0 Å². The third-order valence-corrected chi connectivity index (χ3v) is 4.12. The monoisotopic (exact) mass is 376 g/mol. The first-order chi connectivity index (χ1) is 8.88. The van der Waals surface area contributed by atoms with Crippen LogP contribution >= 0.6 is 50.7 Å². The zero-order valence-electron chi connectivity index (χ0n) is 10.2. The van der Waals surface area contributed by atoms with Gasteiger partial charge in [0.05, 0.1) is 5.92 Å². The van der Waals surface area contributed by atoms with Gasteiger partial charge in [0, 0.05) is 4.47 Å². The van der Waals surface area contributed by atoms with Gasteiger partial charge in [-0.3, -0.25) is 0 Å². The third-order valence-electron chi connectivity index (χ3n) is 2.94. The average molecular weight is 379 g/mol. The first-order valence-electron chi connectivity index (χ1n) is 5.76. The van der Waals surface area contributed by atoms with E-state index in [4.69, 9.17) is 34.8 Å². The van der Waals surface area contributed by atoms with Gasteiger partial charge < -0.3 is 0 Å². The molecule has 0 amide bonds. The van der Waals surface area contributed by atoms with Crippen molar-refractivity contribution in [3.05, 3.63) is 69.7 Å². The molecule has 2 aromatic carbocycles. The van der Waals surface area contributed by atoms with Crippen LogP contribution in [0, 0.1) is 6.92 Å². The summed E-state index contributed by atoms with van der Waals surface area (Å²) >= 11 is 21.9. The molecule has 1 atom stereocenters. The lowest BCUT2D eigenvalue weighted by atomic mass is 9.92. The largest absolute Gasteiger partial charge is 0.201 e. The van der Waals surface area contributed by atoms with E-state index in [0.717, 1.165) is 15.6 Å². The molecule has 0 aromatic heterocycles. The summed E-state index contributed by atoms with van der Waals surface area (Å²) in [5.74, 6) is -0.286. The molecule has 0 fully saturated rings. The topological polar surface area (TPSA) is 0 Å². The maximum Gasteiger partial charge on any atom is 0.201 e. The van der Waals surface area contributed by atoms with Crippen molar-refractivity contribution in [3.63, 3.8) is 0 Å². The minimum Gasteiger partial charge on any atom is -0.0826 e. The maximum absolute atomic E-state index is 6.17. The summed E-state index contributed by atoms with van der Waals surface area (Å²) in [6.45, 7) is 2.04. The van der Waals surface area contributed by atoms with E-state index < -0.39 is 3.79 Å². The Kier molecular flexibility index (Phi) is 4.84. The summed E-state index contributed by atoms with van der Waals surface area (Å²) in [6, 6.07) is 15.9. The number of aryl methyl sites for hydroxylation is 1. The molecule has 4 heteroatoms. The van der Waals surface area contributed by atoms with E-state index in [0.29, 0.717) is 0 Å². The van der Waals surface area contributed by atoms with Gasteiger partial charge in [-0.05, 0) is 30.2 Å². The molecule has 0 aliphatic carbocycles. The van der Waals surface area contributed by atoms with Gasteiger partial charge in [-0.1, -0.05) is 92.7 Å². The Labute approximate surface area is 136 Å². The molecule has 0 radical (unpaired) electrons. The highest BCUT2D eigenvalue weighted by molar-refractivity contribution is 9.10. The molecule has 2 aromatic rings. The lowest BCUT2D eigenvalue weighted by Crippen LogP contribution is -2.18. The highest BCUT2D eigenvalue weighted by Gasteiger charge is 2.35. The van der Waals surface area contributed by atoms with E-state index in [-0.39, 0.29) is 5.92 Å². The number of alkyl halides is 3. The van der Waals surface area contributed by atoms with Crippen molar-refractivity contribution >= 4 is 50.7 Å². The Morgan fingerprint density at radius 2 is 1.26 bits per heavy atom. The maximum atomic E-state index is 6.17. The molecule has 19 heavy (non-hydrogen) atoms. The van der Waals surface area contributed by atoms with E-state index in [9.17, 15) is 0 Å². The average Bonchev–Trinajstić information content (AvgIpc) is 2.33. The van der Waals surface area contributed by atoms with Gasteiger partial charge in [-0.2, -0.15) is 0 Å². The highest BCUT2D eigenvalue weighted by atomic mass is 79.9. The Morgan fingerprint density at radius 1 is 0.842 bits per heavy atom. The van der Waals surface area contributed by atoms with E-state index in [2.05, 4.69) is 15.9 Å². The molecule has 1 unspecified atom stereocenters. The summed E-state index contributed by atoms with van der Waals surface area (Å²) in [7, 11) is 0. The second kappa shape index (κ2) is 6.05. The van der Waals surface area contributed by atoms with Crippen LogP contribution in [-0.2, 0) is 0 Å².